The lowest BCUT2D eigenvalue weighted by Crippen LogP contribution is -2.47. The number of amides is 1. The number of aromatic nitrogens is 4. The van der Waals surface area contributed by atoms with Crippen LogP contribution in [0, 0.1) is 5.92 Å². The first-order chi connectivity index (χ1) is 12.2. The van der Waals surface area contributed by atoms with E-state index < -0.39 is 0 Å². The van der Waals surface area contributed by atoms with Crippen LogP contribution >= 0.6 is 0 Å². The van der Waals surface area contributed by atoms with Crippen LogP contribution in [-0.2, 0) is 18.4 Å². The van der Waals surface area contributed by atoms with E-state index in [1.165, 1.54) is 19.3 Å². The van der Waals surface area contributed by atoms with Crippen LogP contribution in [0.25, 0.3) is 0 Å². The molecule has 1 aliphatic heterocycles. The largest absolute Gasteiger partial charge is 0.349 e. The van der Waals surface area contributed by atoms with Gasteiger partial charge in [-0.25, -0.2) is 9.97 Å². The van der Waals surface area contributed by atoms with E-state index in [2.05, 4.69) is 25.3 Å². The number of hydrogen-bond acceptors (Lipinski definition) is 5. The van der Waals surface area contributed by atoms with Crippen molar-refractivity contribution in [1.82, 2.24) is 25.1 Å². The number of carbonyl (C=O) groups excluding carboxylic acids is 1. The Hall–Kier alpha value is -2.44. The average molecular weight is 340 g/mol. The van der Waals surface area contributed by atoms with Gasteiger partial charge in [0.05, 0.1) is 12.2 Å². The smallest absolute Gasteiger partial charge is 0.243 e. The molecule has 0 bridgehead atoms. The van der Waals surface area contributed by atoms with Gasteiger partial charge in [0, 0.05) is 31.7 Å². The highest BCUT2D eigenvalue weighted by Crippen LogP contribution is 2.41. The fourth-order valence-electron chi connectivity index (χ4n) is 4.28. The topological polar surface area (TPSA) is 75.9 Å². The summed E-state index contributed by atoms with van der Waals surface area (Å²) in [6.45, 7) is 0.491. The van der Waals surface area contributed by atoms with Crippen molar-refractivity contribution >= 4 is 11.9 Å². The van der Waals surface area contributed by atoms with E-state index >= 15 is 0 Å². The van der Waals surface area contributed by atoms with Crippen LogP contribution in [0.4, 0.5) is 5.95 Å². The predicted molar refractivity (Wildman–Crippen MR) is 93.7 cm³/mol. The van der Waals surface area contributed by atoms with Crippen molar-refractivity contribution in [3.05, 3.63) is 36.4 Å². The van der Waals surface area contributed by atoms with Gasteiger partial charge < -0.3 is 10.2 Å². The maximum Gasteiger partial charge on any atom is 0.243 e. The lowest BCUT2D eigenvalue weighted by molar-refractivity contribution is -0.122. The molecule has 2 aromatic heterocycles. The van der Waals surface area contributed by atoms with Crippen molar-refractivity contribution < 1.29 is 4.79 Å². The summed E-state index contributed by atoms with van der Waals surface area (Å²) in [5.41, 5.74) is 0.992. The Balaban J connectivity index is 1.53. The molecule has 4 rings (SSSR count). The van der Waals surface area contributed by atoms with Gasteiger partial charge in [0.2, 0.25) is 11.9 Å². The Kier molecular flexibility index (Phi) is 4.38. The fourth-order valence-corrected chi connectivity index (χ4v) is 4.28. The number of carbonyl (C=O) groups is 1. The Labute approximate surface area is 147 Å². The van der Waals surface area contributed by atoms with E-state index in [9.17, 15) is 4.79 Å². The van der Waals surface area contributed by atoms with Gasteiger partial charge in [0.1, 0.15) is 6.04 Å². The summed E-state index contributed by atoms with van der Waals surface area (Å²) in [5.74, 6) is 1.30. The van der Waals surface area contributed by atoms with E-state index in [4.69, 9.17) is 0 Å². The van der Waals surface area contributed by atoms with Crippen molar-refractivity contribution in [2.75, 3.05) is 4.90 Å². The molecule has 2 aliphatic rings. The van der Waals surface area contributed by atoms with E-state index in [1.807, 2.05) is 19.2 Å². The highest BCUT2D eigenvalue weighted by atomic mass is 16.2. The number of nitrogens with zero attached hydrogens (tertiary/aromatic N) is 5. The molecule has 7 heteroatoms. The van der Waals surface area contributed by atoms with E-state index in [0.29, 0.717) is 24.5 Å². The number of fused-ring (bicyclic) bond motifs is 1. The molecular weight excluding hydrogens is 316 g/mol. The molecule has 1 aliphatic carbocycles. The maximum absolute atomic E-state index is 12.9. The number of hydrogen-bond donors (Lipinski definition) is 1. The first kappa shape index (κ1) is 16.1. The summed E-state index contributed by atoms with van der Waals surface area (Å²) < 4.78 is 1.78. The quantitative estimate of drug-likeness (QED) is 0.916. The predicted octanol–water partition coefficient (Wildman–Crippen LogP) is 1.66. The maximum atomic E-state index is 12.9. The molecule has 2 fully saturated rings. The minimum atomic E-state index is -0.191. The van der Waals surface area contributed by atoms with Gasteiger partial charge in [0.15, 0.2) is 0 Å². The first-order valence-corrected chi connectivity index (χ1v) is 9.04. The number of rotatable bonds is 4. The molecule has 1 amide bonds. The van der Waals surface area contributed by atoms with Crippen LogP contribution in [0.2, 0.25) is 0 Å². The Morgan fingerprint density at radius 3 is 2.80 bits per heavy atom. The molecule has 132 valence electrons. The monoisotopic (exact) mass is 340 g/mol. The summed E-state index contributed by atoms with van der Waals surface area (Å²) in [4.78, 5) is 24.0. The first-order valence-electron chi connectivity index (χ1n) is 9.04. The molecule has 0 radical (unpaired) electrons. The summed E-state index contributed by atoms with van der Waals surface area (Å²) >= 11 is 0. The van der Waals surface area contributed by atoms with Crippen molar-refractivity contribution in [2.24, 2.45) is 13.0 Å². The van der Waals surface area contributed by atoms with Crippen LogP contribution in [0.1, 0.15) is 37.8 Å². The Bertz CT molecular complexity index is 730. The lowest BCUT2D eigenvalue weighted by Gasteiger charge is -2.33. The summed E-state index contributed by atoms with van der Waals surface area (Å²) in [7, 11) is 1.88. The van der Waals surface area contributed by atoms with Crippen molar-refractivity contribution in [2.45, 2.75) is 50.7 Å². The molecule has 1 saturated carbocycles. The van der Waals surface area contributed by atoms with Gasteiger partial charge in [-0.05, 0) is 37.3 Å². The van der Waals surface area contributed by atoms with Crippen LogP contribution in [0.5, 0.6) is 0 Å². The molecule has 0 aromatic carbocycles. The van der Waals surface area contributed by atoms with Crippen molar-refractivity contribution in [3.63, 3.8) is 0 Å². The second-order valence-electron chi connectivity index (χ2n) is 6.98. The second-order valence-corrected chi connectivity index (χ2v) is 6.98. The Morgan fingerprint density at radius 1 is 1.24 bits per heavy atom. The zero-order valence-corrected chi connectivity index (χ0v) is 14.5. The molecule has 3 atom stereocenters. The summed E-state index contributed by atoms with van der Waals surface area (Å²) in [6.07, 6.45) is 10.9. The highest BCUT2D eigenvalue weighted by Gasteiger charge is 2.46. The molecule has 0 spiro atoms. The van der Waals surface area contributed by atoms with Crippen molar-refractivity contribution in [3.8, 4) is 0 Å². The molecule has 1 N–H and O–H groups in total. The van der Waals surface area contributed by atoms with Crippen LogP contribution in [0.15, 0.2) is 30.7 Å². The molecule has 7 nitrogen and oxygen atoms in total. The van der Waals surface area contributed by atoms with Gasteiger partial charge in [-0.2, -0.15) is 5.10 Å². The second kappa shape index (κ2) is 6.82. The lowest BCUT2D eigenvalue weighted by atomic mass is 9.85. The third-order valence-electron chi connectivity index (χ3n) is 5.54. The minimum absolute atomic E-state index is 0.0584. The zero-order chi connectivity index (χ0) is 17.2. The number of nitrogens with one attached hydrogen (secondary N) is 1. The average Bonchev–Trinajstić information content (AvgIpc) is 3.23. The fraction of sp³-hybridized carbons (Fsp3) is 0.556. The highest BCUT2D eigenvalue weighted by molar-refractivity contribution is 5.85. The molecule has 1 saturated heterocycles. The molecule has 3 heterocycles. The van der Waals surface area contributed by atoms with Gasteiger partial charge in [0.25, 0.3) is 0 Å². The van der Waals surface area contributed by atoms with E-state index in [-0.39, 0.29) is 11.9 Å². The summed E-state index contributed by atoms with van der Waals surface area (Å²) in [5, 5.41) is 7.23. The van der Waals surface area contributed by atoms with E-state index in [0.717, 1.165) is 18.5 Å². The Morgan fingerprint density at radius 2 is 2.04 bits per heavy atom. The van der Waals surface area contributed by atoms with Crippen LogP contribution in [-0.4, -0.2) is 37.7 Å². The van der Waals surface area contributed by atoms with Crippen LogP contribution in [0.3, 0.4) is 0 Å². The summed E-state index contributed by atoms with van der Waals surface area (Å²) in [6, 6.07) is 3.93. The van der Waals surface area contributed by atoms with Gasteiger partial charge in [-0.3, -0.25) is 9.48 Å². The van der Waals surface area contributed by atoms with Gasteiger partial charge in [-0.1, -0.05) is 12.8 Å². The standard InChI is InChI=1S/C18H24N6O/c1-23-14(7-10-22-23)12-21-17(25)16-11-13-5-2-3-6-15(13)24(16)18-19-8-4-9-20-18/h4,7-10,13,15-16H,2-3,5-6,11-12H2,1H3,(H,21,25). The normalized spacial score (nSPS) is 25.6. The van der Waals surface area contributed by atoms with Gasteiger partial charge >= 0.3 is 0 Å². The molecule has 3 unspecified atom stereocenters. The SMILES string of the molecule is Cn1nccc1CNC(=O)C1CC2CCCCC2N1c1ncccn1. The van der Waals surface area contributed by atoms with E-state index in [1.54, 1.807) is 23.3 Å². The third kappa shape index (κ3) is 3.10. The molecule has 2 aromatic rings. The molecule has 25 heavy (non-hydrogen) atoms. The molecular formula is C18H24N6O. The van der Waals surface area contributed by atoms with Crippen molar-refractivity contribution in [1.29, 1.82) is 0 Å². The minimum Gasteiger partial charge on any atom is -0.349 e. The third-order valence-corrected chi connectivity index (χ3v) is 5.54. The number of anilines is 1. The van der Waals surface area contributed by atoms with Crippen LogP contribution < -0.4 is 10.2 Å². The number of aryl methyl sites for hydroxylation is 1. The zero-order valence-electron chi connectivity index (χ0n) is 14.5. The van der Waals surface area contributed by atoms with Gasteiger partial charge in [-0.15, -0.1) is 0 Å².